The van der Waals surface area contributed by atoms with Crippen LogP contribution in [0.2, 0.25) is 0 Å². The Bertz CT molecular complexity index is 861. The molecule has 31 heavy (non-hydrogen) atoms. The molecule has 0 atom stereocenters. The molecule has 1 aliphatic carbocycles. The van der Waals surface area contributed by atoms with Gasteiger partial charge in [0.25, 0.3) is 0 Å². The first-order valence-corrected chi connectivity index (χ1v) is 11.5. The Hall–Kier alpha value is -2.04. The molecule has 4 rings (SSSR count). The molecule has 0 amide bonds. The molecule has 1 saturated heterocycles. The second-order valence-corrected chi connectivity index (χ2v) is 8.97. The van der Waals surface area contributed by atoms with Crippen molar-refractivity contribution in [1.82, 2.24) is 0 Å². The van der Waals surface area contributed by atoms with E-state index in [0.717, 1.165) is 31.1 Å². The van der Waals surface area contributed by atoms with E-state index in [1.54, 1.807) is 6.07 Å². The zero-order valence-electron chi connectivity index (χ0n) is 18.2. The summed E-state index contributed by atoms with van der Waals surface area (Å²) >= 11 is 0. The largest absolute Gasteiger partial charge is 0.352 e. The molecule has 4 heteroatoms. The van der Waals surface area contributed by atoms with Crippen LogP contribution in [-0.4, -0.2) is 19.5 Å². The van der Waals surface area contributed by atoms with Gasteiger partial charge in [0.05, 0.1) is 13.2 Å². The highest BCUT2D eigenvalue weighted by atomic mass is 19.2. The first-order chi connectivity index (χ1) is 15.1. The SMILES string of the molecule is C/C=C/[C@H]1CO[C@H]([C@H]2CC[C@H](CCc3ccc(-c4ccc(F)c(F)c4)cc3)CC2)OC1. The highest BCUT2D eigenvalue weighted by molar-refractivity contribution is 5.63. The van der Waals surface area contributed by atoms with E-state index < -0.39 is 11.6 Å². The summed E-state index contributed by atoms with van der Waals surface area (Å²) in [6, 6.07) is 12.3. The van der Waals surface area contributed by atoms with Gasteiger partial charge in [-0.15, -0.1) is 0 Å². The Morgan fingerprint density at radius 2 is 1.55 bits per heavy atom. The van der Waals surface area contributed by atoms with E-state index in [1.165, 1.54) is 49.8 Å². The number of benzene rings is 2. The average molecular weight is 427 g/mol. The summed E-state index contributed by atoms with van der Waals surface area (Å²) in [5.41, 5.74) is 2.91. The van der Waals surface area contributed by atoms with E-state index in [-0.39, 0.29) is 6.29 Å². The standard InChI is InChI=1S/C27H32F2O2/c1-2-3-21-17-30-27(31-18-21)23-12-8-20(9-13-23)5-4-19-6-10-22(11-7-19)24-14-15-25(28)26(29)16-24/h2-3,6-7,10-11,14-16,20-21,23,27H,4-5,8-9,12-13,17-18H2,1H3/b3-2+/t20-,21-,23-,27-. The lowest BCUT2D eigenvalue weighted by Crippen LogP contribution is -2.38. The zero-order valence-corrected chi connectivity index (χ0v) is 18.2. The second-order valence-electron chi connectivity index (χ2n) is 8.97. The molecule has 2 aromatic rings. The molecule has 0 unspecified atom stereocenters. The summed E-state index contributed by atoms with van der Waals surface area (Å²) in [6.45, 7) is 3.58. The number of halogens is 2. The third-order valence-electron chi connectivity index (χ3n) is 6.74. The molecule has 0 bridgehead atoms. The molecule has 1 heterocycles. The van der Waals surface area contributed by atoms with Crippen molar-refractivity contribution in [3.05, 3.63) is 71.8 Å². The summed E-state index contributed by atoms with van der Waals surface area (Å²) in [7, 11) is 0. The highest BCUT2D eigenvalue weighted by Gasteiger charge is 2.31. The summed E-state index contributed by atoms with van der Waals surface area (Å²) in [5.74, 6) is 0.0547. The van der Waals surface area contributed by atoms with Crippen LogP contribution in [-0.2, 0) is 15.9 Å². The Morgan fingerprint density at radius 3 is 2.19 bits per heavy atom. The van der Waals surface area contributed by atoms with Gasteiger partial charge < -0.3 is 9.47 Å². The van der Waals surface area contributed by atoms with Crippen molar-refractivity contribution in [2.75, 3.05) is 13.2 Å². The molecule has 0 N–H and O–H groups in total. The van der Waals surface area contributed by atoms with E-state index in [1.807, 2.05) is 19.1 Å². The minimum atomic E-state index is -0.811. The van der Waals surface area contributed by atoms with Crippen LogP contribution in [0.5, 0.6) is 0 Å². The first-order valence-electron chi connectivity index (χ1n) is 11.5. The van der Waals surface area contributed by atoms with Crippen molar-refractivity contribution in [2.24, 2.45) is 17.8 Å². The number of ether oxygens (including phenoxy) is 2. The van der Waals surface area contributed by atoms with Crippen LogP contribution in [0.3, 0.4) is 0 Å². The molecule has 2 nitrogen and oxygen atoms in total. The van der Waals surface area contributed by atoms with Crippen LogP contribution in [0.15, 0.2) is 54.6 Å². The number of aryl methyl sites for hydroxylation is 1. The third-order valence-corrected chi connectivity index (χ3v) is 6.74. The van der Waals surface area contributed by atoms with Gasteiger partial charge in [-0.1, -0.05) is 42.5 Å². The minimum absolute atomic E-state index is 0.0219. The van der Waals surface area contributed by atoms with Crippen molar-refractivity contribution in [1.29, 1.82) is 0 Å². The molecule has 0 spiro atoms. The summed E-state index contributed by atoms with van der Waals surface area (Å²) < 4.78 is 38.6. The van der Waals surface area contributed by atoms with Crippen LogP contribution in [0.25, 0.3) is 11.1 Å². The predicted molar refractivity (Wildman–Crippen MR) is 120 cm³/mol. The van der Waals surface area contributed by atoms with Gasteiger partial charge in [0.1, 0.15) is 0 Å². The van der Waals surface area contributed by atoms with Gasteiger partial charge >= 0.3 is 0 Å². The Balaban J connectivity index is 1.21. The summed E-state index contributed by atoms with van der Waals surface area (Å²) in [4.78, 5) is 0. The molecule has 166 valence electrons. The van der Waals surface area contributed by atoms with E-state index in [0.29, 0.717) is 17.4 Å². The van der Waals surface area contributed by atoms with Crippen LogP contribution < -0.4 is 0 Å². The van der Waals surface area contributed by atoms with E-state index in [9.17, 15) is 8.78 Å². The molecule has 1 saturated carbocycles. The normalized spacial score (nSPS) is 26.9. The van der Waals surface area contributed by atoms with E-state index in [2.05, 4.69) is 24.3 Å². The zero-order chi connectivity index (χ0) is 21.6. The topological polar surface area (TPSA) is 18.5 Å². The average Bonchev–Trinajstić information content (AvgIpc) is 2.81. The quantitative estimate of drug-likeness (QED) is 0.466. The van der Waals surface area contributed by atoms with Crippen molar-refractivity contribution < 1.29 is 18.3 Å². The fourth-order valence-corrected chi connectivity index (χ4v) is 4.85. The van der Waals surface area contributed by atoms with Crippen LogP contribution in [0, 0.1) is 29.4 Å². The smallest absolute Gasteiger partial charge is 0.160 e. The van der Waals surface area contributed by atoms with Crippen molar-refractivity contribution in [3.63, 3.8) is 0 Å². The monoisotopic (exact) mass is 426 g/mol. The maximum atomic E-state index is 13.5. The van der Waals surface area contributed by atoms with Gasteiger partial charge in [-0.2, -0.15) is 0 Å². The molecule has 0 aromatic heterocycles. The number of hydrogen-bond acceptors (Lipinski definition) is 2. The first kappa shape index (κ1) is 22.2. The van der Waals surface area contributed by atoms with E-state index >= 15 is 0 Å². The third kappa shape index (κ3) is 5.81. The number of hydrogen-bond donors (Lipinski definition) is 0. The van der Waals surface area contributed by atoms with Crippen molar-refractivity contribution in [3.8, 4) is 11.1 Å². The van der Waals surface area contributed by atoms with Crippen LogP contribution in [0.1, 0.15) is 44.6 Å². The molecule has 2 aromatic carbocycles. The van der Waals surface area contributed by atoms with E-state index in [4.69, 9.17) is 9.47 Å². The van der Waals surface area contributed by atoms with Crippen molar-refractivity contribution >= 4 is 0 Å². The molecular weight excluding hydrogens is 394 g/mol. The maximum absolute atomic E-state index is 13.5. The lowest BCUT2D eigenvalue weighted by Gasteiger charge is -2.37. The predicted octanol–water partition coefficient (Wildman–Crippen LogP) is 6.94. The Labute approximate surface area is 184 Å². The molecular formula is C27H32F2O2. The Morgan fingerprint density at radius 1 is 0.871 bits per heavy atom. The summed E-state index contributed by atoms with van der Waals surface area (Å²) in [5, 5.41) is 0. The minimum Gasteiger partial charge on any atom is -0.352 e. The lowest BCUT2D eigenvalue weighted by atomic mass is 9.79. The van der Waals surface area contributed by atoms with Crippen molar-refractivity contribution in [2.45, 2.75) is 51.7 Å². The molecule has 0 radical (unpaired) electrons. The highest BCUT2D eigenvalue weighted by Crippen LogP contribution is 2.36. The van der Waals surface area contributed by atoms with Gasteiger partial charge in [0.15, 0.2) is 17.9 Å². The molecule has 2 aliphatic rings. The number of allylic oxidation sites excluding steroid dienone is 1. The van der Waals surface area contributed by atoms with Gasteiger partial charge in [-0.3, -0.25) is 0 Å². The maximum Gasteiger partial charge on any atom is 0.160 e. The molecule has 2 fully saturated rings. The van der Waals surface area contributed by atoms with Crippen LogP contribution in [0.4, 0.5) is 8.78 Å². The Kier molecular flexibility index (Phi) is 7.52. The van der Waals surface area contributed by atoms with Gasteiger partial charge in [0, 0.05) is 11.8 Å². The number of rotatable bonds is 6. The van der Waals surface area contributed by atoms with Gasteiger partial charge in [-0.05, 0) is 80.2 Å². The van der Waals surface area contributed by atoms with Gasteiger partial charge in [-0.25, -0.2) is 8.78 Å². The summed E-state index contributed by atoms with van der Waals surface area (Å²) in [6.07, 6.45) is 11.3. The van der Waals surface area contributed by atoms with Gasteiger partial charge in [0.2, 0.25) is 0 Å². The van der Waals surface area contributed by atoms with Crippen LogP contribution >= 0.6 is 0 Å². The molecule has 1 aliphatic heterocycles. The second kappa shape index (κ2) is 10.5. The lowest BCUT2D eigenvalue weighted by molar-refractivity contribution is -0.223. The fraction of sp³-hybridized carbons (Fsp3) is 0.481. The fourth-order valence-electron chi connectivity index (χ4n) is 4.85.